The van der Waals surface area contributed by atoms with Crippen molar-refractivity contribution in [3.05, 3.63) is 53.9 Å². The molecule has 0 saturated heterocycles. The molecule has 1 N–H and O–H groups in total. The standard InChI is InChI=1S/C18H16N4O4S2/c1-25-13-8-9-15(26-2)16(10-13)28(23,24)21-17-19-18-22(20-17)14(11-27-18)12-6-4-3-5-7-12/h3-11H,1-2H3,(H,20,21). The molecule has 0 bridgehead atoms. The quantitative estimate of drug-likeness (QED) is 0.518. The van der Waals surface area contributed by atoms with E-state index in [0.29, 0.717) is 10.7 Å². The van der Waals surface area contributed by atoms with Crippen molar-refractivity contribution < 1.29 is 17.9 Å². The number of ether oxygens (including phenoxy) is 2. The van der Waals surface area contributed by atoms with Gasteiger partial charge in [0.25, 0.3) is 16.0 Å². The number of nitrogens with one attached hydrogen (secondary N) is 1. The molecule has 0 radical (unpaired) electrons. The van der Waals surface area contributed by atoms with E-state index in [1.807, 2.05) is 35.7 Å². The molecule has 0 amide bonds. The second kappa shape index (κ2) is 7.13. The van der Waals surface area contributed by atoms with E-state index >= 15 is 0 Å². The Bertz CT molecular complexity index is 1230. The fourth-order valence-corrected chi connectivity index (χ4v) is 4.66. The fourth-order valence-electron chi connectivity index (χ4n) is 2.70. The van der Waals surface area contributed by atoms with Crippen LogP contribution in [0.25, 0.3) is 16.2 Å². The summed E-state index contributed by atoms with van der Waals surface area (Å²) in [4.78, 5) is 4.79. The Morgan fingerprint density at radius 2 is 1.86 bits per heavy atom. The maximum Gasteiger partial charge on any atom is 0.268 e. The predicted octanol–water partition coefficient (Wildman–Crippen LogP) is 3.28. The summed E-state index contributed by atoms with van der Waals surface area (Å²) < 4.78 is 40.1. The molecule has 0 saturated carbocycles. The summed E-state index contributed by atoms with van der Waals surface area (Å²) in [5.74, 6) is 0.569. The van der Waals surface area contributed by atoms with E-state index in [9.17, 15) is 8.42 Å². The van der Waals surface area contributed by atoms with Gasteiger partial charge in [-0.1, -0.05) is 30.3 Å². The lowest BCUT2D eigenvalue weighted by molar-refractivity contribution is 0.392. The number of hydrogen-bond acceptors (Lipinski definition) is 7. The normalized spacial score (nSPS) is 11.5. The second-order valence-corrected chi connectivity index (χ2v) is 8.23. The van der Waals surface area contributed by atoms with Crippen LogP contribution in [0.4, 0.5) is 5.95 Å². The molecule has 10 heteroatoms. The zero-order valence-electron chi connectivity index (χ0n) is 15.0. The molecule has 8 nitrogen and oxygen atoms in total. The third kappa shape index (κ3) is 3.27. The highest BCUT2D eigenvalue weighted by molar-refractivity contribution is 7.92. The first-order valence-corrected chi connectivity index (χ1v) is 10.5. The van der Waals surface area contributed by atoms with E-state index in [2.05, 4.69) is 14.8 Å². The molecule has 0 fully saturated rings. The zero-order valence-corrected chi connectivity index (χ0v) is 16.6. The Morgan fingerprint density at radius 1 is 1.07 bits per heavy atom. The minimum atomic E-state index is -3.98. The zero-order chi connectivity index (χ0) is 19.7. The van der Waals surface area contributed by atoms with E-state index in [0.717, 1.165) is 11.3 Å². The van der Waals surface area contributed by atoms with Gasteiger partial charge in [0.15, 0.2) is 0 Å². The summed E-state index contributed by atoms with van der Waals surface area (Å²) >= 11 is 1.37. The molecule has 2 aromatic carbocycles. The minimum Gasteiger partial charge on any atom is -0.497 e. The topological polar surface area (TPSA) is 94.8 Å². The van der Waals surface area contributed by atoms with Gasteiger partial charge in [-0.3, -0.25) is 0 Å². The molecule has 0 spiro atoms. The van der Waals surface area contributed by atoms with Crippen molar-refractivity contribution >= 4 is 32.3 Å². The summed E-state index contributed by atoms with van der Waals surface area (Å²) in [7, 11) is -1.12. The van der Waals surface area contributed by atoms with Crippen LogP contribution in [0.15, 0.2) is 58.8 Å². The predicted molar refractivity (Wildman–Crippen MR) is 107 cm³/mol. The SMILES string of the molecule is COc1ccc(OC)c(S(=O)(=O)Nc2nc3scc(-c4ccccc4)n3n2)c1. The smallest absolute Gasteiger partial charge is 0.268 e. The number of hydrogen-bond donors (Lipinski definition) is 1. The first-order valence-electron chi connectivity index (χ1n) is 8.16. The maximum absolute atomic E-state index is 12.9. The van der Waals surface area contributed by atoms with Crippen molar-refractivity contribution in [1.82, 2.24) is 14.6 Å². The van der Waals surface area contributed by atoms with Crippen LogP contribution in [0.2, 0.25) is 0 Å². The van der Waals surface area contributed by atoms with Crippen LogP contribution in [-0.2, 0) is 10.0 Å². The Balaban J connectivity index is 1.71. The number of benzene rings is 2. The molecule has 2 aromatic heterocycles. The van der Waals surface area contributed by atoms with Crippen molar-refractivity contribution in [2.45, 2.75) is 4.90 Å². The Morgan fingerprint density at radius 3 is 2.57 bits per heavy atom. The number of aromatic nitrogens is 3. The summed E-state index contributed by atoms with van der Waals surface area (Å²) in [6.45, 7) is 0. The van der Waals surface area contributed by atoms with Crippen LogP contribution in [0, 0.1) is 0 Å². The molecule has 0 aliphatic carbocycles. The molecule has 28 heavy (non-hydrogen) atoms. The van der Waals surface area contributed by atoms with Crippen LogP contribution in [0.5, 0.6) is 11.5 Å². The van der Waals surface area contributed by atoms with Gasteiger partial charge in [0.2, 0.25) is 4.96 Å². The summed E-state index contributed by atoms with van der Waals surface area (Å²) in [6, 6.07) is 14.2. The summed E-state index contributed by atoms with van der Waals surface area (Å²) in [5.41, 5.74) is 1.79. The second-order valence-electron chi connectivity index (χ2n) is 5.74. The number of thiazole rings is 1. The highest BCUT2D eigenvalue weighted by atomic mass is 32.2. The monoisotopic (exact) mass is 416 g/mol. The lowest BCUT2D eigenvalue weighted by atomic mass is 10.2. The highest BCUT2D eigenvalue weighted by Crippen LogP contribution is 2.30. The van der Waals surface area contributed by atoms with E-state index in [1.54, 1.807) is 10.6 Å². The minimum absolute atomic E-state index is 0.0195. The van der Waals surface area contributed by atoms with Crippen LogP contribution in [-0.4, -0.2) is 37.2 Å². The van der Waals surface area contributed by atoms with E-state index in [1.165, 1.54) is 37.7 Å². The Labute approximate surface area is 165 Å². The van der Waals surface area contributed by atoms with Gasteiger partial charge in [-0.2, -0.15) is 4.98 Å². The van der Waals surface area contributed by atoms with Crippen molar-refractivity contribution in [1.29, 1.82) is 0 Å². The van der Waals surface area contributed by atoms with Gasteiger partial charge < -0.3 is 9.47 Å². The first-order chi connectivity index (χ1) is 13.5. The van der Waals surface area contributed by atoms with E-state index < -0.39 is 10.0 Å². The van der Waals surface area contributed by atoms with Crippen molar-refractivity contribution in [3.8, 4) is 22.8 Å². The number of rotatable bonds is 6. The molecular formula is C18H16N4O4S2. The van der Waals surface area contributed by atoms with Gasteiger partial charge >= 0.3 is 0 Å². The van der Waals surface area contributed by atoms with Gasteiger partial charge in [0, 0.05) is 17.0 Å². The van der Waals surface area contributed by atoms with E-state index in [4.69, 9.17) is 9.47 Å². The van der Waals surface area contributed by atoms with Gasteiger partial charge in [-0.25, -0.2) is 17.7 Å². The summed E-state index contributed by atoms with van der Waals surface area (Å²) in [6.07, 6.45) is 0. The molecule has 0 unspecified atom stereocenters. The fraction of sp³-hybridized carbons (Fsp3) is 0.111. The third-order valence-electron chi connectivity index (χ3n) is 4.04. The van der Waals surface area contributed by atoms with Crippen LogP contribution < -0.4 is 14.2 Å². The van der Waals surface area contributed by atoms with Gasteiger partial charge in [-0.05, 0) is 12.1 Å². The summed E-state index contributed by atoms with van der Waals surface area (Å²) in [5, 5.41) is 6.24. The molecule has 2 heterocycles. The molecule has 144 valence electrons. The average molecular weight is 416 g/mol. The number of nitrogens with zero attached hydrogens (tertiary/aromatic N) is 3. The van der Waals surface area contributed by atoms with Crippen LogP contribution in [0.3, 0.4) is 0 Å². The molecule has 0 aliphatic rings. The highest BCUT2D eigenvalue weighted by Gasteiger charge is 2.23. The van der Waals surface area contributed by atoms with Gasteiger partial charge in [0.1, 0.15) is 16.4 Å². The van der Waals surface area contributed by atoms with Gasteiger partial charge in [-0.15, -0.1) is 16.4 Å². The van der Waals surface area contributed by atoms with Crippen LogP contribution >= 0.6 is 11.3 Å². The Kier molecular flexibility index (Phi) is 4.65. The lowest BCUT2D eigenvalue weighted by Crippen LogP contribution is -2.15. The first kappa shape index (κ1) is 18.3. The maximum atomic E-state index is 12.9. The van der Waals surface area contributed by atoms with Crippen molar-refractivity contribution in [2.24, 2.45) is 0 Å². The number of sulfonamides is 1. The average Bonchev–Trinajstić information content (AvgIpc) is 3.27. The Hall–Kier alpha value is -3.11. The number of methoxy groups -OCH3 is 2. The molecule has 0 aliphatic heterocycles. The van der Waals surface area contributed by atoms with Gasteiger partial charge in [0.05, 0.1) is 19.9 Å². The third-order valence-corrected chi connectivity index (χ3v) is 6.20. The van der Waals surface area contributed by atoms with Crippen molar-refractivity contribution in [2.75, 3.05) is 18.9 Å². The molecule has 0 atom stereocenters. The number of anilines is 1. The lowest BCUT2D eigenvalue weighted by Gasteiger charge is -2.11. The van der Waals surface area contributed by atoms with Crippen molar-refractivity contribution in [3.63, 3.8) is 0 Å². The molecule has 4 aromatic rings. The van der Waals surface area contributed by atoms with E-state index in [-0.39, 0.29) is 16.6 Å². The molecular weight excluding hydrogens is 400 g/mol. The molecule has 4 rings (SSSR count). The van der Waals surface area contributed by atoms with Crippen LogP contribution in [0.1, 0.15) is 0 Å². The number of fused-ring (bicyclic) bond motifs is 1. The largest absolute Gasteiger partial charge is 0.497 e.